The molecule has 0 fully saturated rings. The van der Waals surface area contributed by atoms with E-state index in [1.807, 2.05) is 31.2 Å². The van der Waals surface area contributed by atoms with Crippen LogP contribution in [0.3, 0.4) is 0 Å². The number of benzene rings is 2. The van der Waals surface area contributed by atoms with Gasteiger partial charge in [-0.3, -0.25) is 0 Å². The van der Waals surface area contributed by atoms with Crippen LogP contribution in [-0.2, 0) is 10.0 Å². The Hall–Kier alpha value is -1.82. The predicted molar refractivity (Wildman–Crippen MR) is 94.1 cm³/mol. The van der Waals surface area contributed by atoms with E-state index in [4.69, 9.17) is 16.3 Å². The van der Waals surface area contributed by atoms with E-state index in [9.17, 15) is 8.42 Å². The van der Waals surface area contributed by atoms with Gasteiger partial charge in [0.05, 0.1) is 0 Å². The van der Waals surface area contributed by atoms with Crippen LogP contribution < -0.4 is 9.46 Å². The molecule has 23 heavy (non-hydrogen) atoms. The summed E-state index contributed by atoms with van der Waals surface area (Å²) >= 11 is 5.78. The highest BCUT2D eigenvalue weighted by Gasteiger charge is 2.04. The molecule has 2 aromatic carbocycles. The minimum Gasteiger partial charge on any atom is -0.492 e. The molecule has 0 aliphatic rings. The van der Waals surface area contributed by atoms with Gasteiger partial charge in [0.2, 0.25) is 10.0 Å². The minimum atomic E-state index is -3.49. The largest absolute Gasteiger partial charge is 0.492 e. The molecular formula is C17H18ClNO3S. The molecule has 122 valence electrons. The molecule has 6 heteroatoms. The SMILES string of the molecule is Cc1ccc(OCCNS(=O)(=O)C=Cc2ccc(Cl)cc2)cc1. The highest BCUT2D eigenvalue weighted by Crippen LogP contribution is 2.12. The van der Waals surface area contributed by atoms with Gasteiger partial charge in [0, 0.05) is 17.0 Å². The van der Waals surface area contributed by atoms with Crippen molar-refractivity contribution >= 4 is 27.7 Å². The van der Waals surface area contributed by atoms with Crippen molar-refractivity contribution in [1.82, 2.24) is 4.72 Å². The first-order valence-electron chi connectivity index (χ1n) is 7.07. The molecule has 2 rings (SSSR count). The molecule has 0 saturated heterocycles. The zero-order valence-corrected chi connectivity index (χ0v) is 14.3. The van der Waals surface area contributed by atoms with Crippen LogP contribution in [0.15, 0.2) is 53.9 Å². The van der Waals surface area contributed by atoms with Gasteiger partial charge in [0.1, 0.15) is 12.4 Å². The Morgan fingerprint density at radius 1 is 1.09 bits per heavy atom. The summed E-state index contributed by atoms with van der Waals surface area (Å²) in [6.45, 7) is 2.45. The van der Waals surface area contributed by atoms with E-state index in [1.165, 1.54) is 6.08 Å². The van der Waals surface area contributed by atoms with Gasteiger partial charge in [-0.15, -0.1) is 0 Å². The van der Waals surface area contributed by atoms with E-state index < -0.39 is 10.0 Å². The van der Waals surface area contributed by atoms with Crippen LogP contribution in [0.5, 0.6) is 5.75 Å². The molecule has 0 spiro atoms. The molecule has 4 nitrogen and oxygen atoms in total. The molecule has 0 radical (unpaired) electrons. The van der Waals surface area contributed by atoms with Crippen molar-refractivity contribution in [3.8, 4) is 5.75 Å². The van der Waals surface area contributed by atoms with Crippen molar-refractivity contribution in [2.75, 3.05) is 13.2 Å². The van der Waals surface area contributed by atoms with Crippen molar-refractivity contribution in [2.24, 2.45) is 0 Å². The van der Waals surface area contributed by atoms with Gasteiger partial charge in [-0.05, 0) is 42.8 Å². The Bertz CT molecular complexity index is 753. The van der Waals surface area contributed by atoms with Crippen molar-refractivity contribution in [1.29, 1.82) is 0 Å². The number of aryl methyl sites for hydroxylation is 1. The molecule has 0 saturated carbocycles. The fourth-order valence-electron chi connectivity index (χ4n) is 1.78. The van der Waals surface area contributed by atoms with Crippen LogP contribution >= 0.6 is 11.6 Å². The molecule has 2 aromatic rings. The van der Waals surface area contributed by atoms with Crippen LogP contribution in [0.1, 0.15) is 11.1 Å². The lowest BCUT2D eigenvalue weighted by Crippen LogP contribution is -2.26. The maximum absolute atomic E-state index is 11.8. The standard InChI is InChI=1S/C17H18ClNO3S/c1-14-2-8-17(9-3-14)22-12-11-19-23(20,21)13-10-15-4-6-16(18)7-5-15/h2-10,13,19H,11-12H2,1H3. The molecule has 0 aliphatic heterocycles. The highest BCUT2D eigenvalue weighted by atomic mass is 35.5. The summed E-state index contributed by atoms with van der Waals surface area (Å²) < 4.78 is 31.6. The Kier molecular flexibility index (Phi) is 6.21. The maximum atomic E-state index is 11.8. The third-order valence-electron chi connectivity index (χ3n) is 3.00. The van der Waals surface area contributed by atoms with E-state index >= 15 is 0 Å². The normalized spacial score (nSPS) is 11.7. The van der Waals surface area contributed by atoms with Crippen molar-refractivity contribution in [3.05, 3.63) is 70.1 Å². The molecular weight excluding hydrogens is 334 g/mol. The van der Waals surface area contributed by atoms with Gasteiger partial charge in [0.25, 0.3) is 0 Å². The Morgan fingerprint density at radius 2 is 1.74 bits per heavy atom. The second kappa shape index (κ2) is 8.15. The van der Waals surface area contributed by atoms with Gasteiger partial charge in [0.15, 0.2) is 0 Å². The zero-order chi connectivity index (χ0) is 16.7. The lowest BCUT2D eigenvalue weighted by molar-refractivity contribution is 0.323. The van der Waals surface area contributed by atoms with Gasteiger partial charge < -0.3 is 4.74 Å². The highest BCUT2D eigenvalue weighted by molar-refractivity contribution is 7.92. The van der Waals surface area contributed by atoms with E-state index in [1.54, 1.807) is 24.3 Å². The molecule has 0 atom stereocenters. The quantitative estimate of drug-likeness (QED) is 0.775. The fourth-order valence-corrected chi connectivity index (χ4v) is 2.70. The van der Waals surface area contributed by atoms with E-state index in [0.29, 0.717) is 10.8 Å². The molecule has 0 unspecified atom stereocenters. The predicted octanol–water partition coefficient (Wildman–Crippen LogP) is 3.62. The van der Waals surface area contributed by atoms with Gasteiger partial charge in [-0.1, -0.05) is 41.4 Å². The zero-order valence-electron chi connectivity index (χ0n) is 12.7. The number of ether oxygens (including phenoxy) is 1. The monoisotopic (exact) mass is 351 g/mol. The van der Waals surface area contributed by atoms with E-state index in [-0.39, 0.29) is 13.2 Å². The lowest BCUT2D eigenvalue weighted by atomic mass is 10.2. The van der Waals surface area contributed by atoms with Crippen LogP contribution in [-0.4, -0.2) is 21.6 Å². The first kappa shape index (κ1) is 17.5. The second-order valence-corrected chi connectivity index (χ2v) is 7.04. The van der Waals surface area contributed by atoms with Crippen LogP contribution in [0.2, 0.25) is 5.02 Å². The Morgan fingerprint density at radius 3 is 2.39 bits per heavy atom. The third-order valence-corrected chi connectivity index (χ3v) is 4.36. The molecule has 0 aliphatic carbocycles. The number of hydrogen-bond acceptors (Lipinski definition) is 3. The summed E-state index contributed by atoms with van der Waals surface area (Å²) in [4.78, 5) is 0. The topological polar surface area (TPSA) is 55.4 Å². The first-order valence-corrected chi connectivity index (χ1v) is 9.00. The number of sulfonamides is 1. The number of halogens is 1. The van der Waals surface area contributed by atoms with Crippen molar-refractivity contribution in [3.63, 3.8) is 0 Å². The van der Waals surface area contributed by atoms with Crippen molar-refractivity contribution < 1.29 is 13.2 Å². The second-order valence-electron chi connectivity index (χ2n) is 4.96. The molecule has 0 heterocycles. The summed E-state index contributed by atoms with van der Waals surface area (Å²) in [5, 5.41) is 1.73. The summed E-state index contributed by atoms with van der Waals surface area (Å²) in [5.41, 5.74) is 1.90. The van der Waals surface area contributed by atoms with Crippen molar-refractivity contribution in [2.45, 2.75) is 6.92 Å². The Balaban J connectivity index is 1.79. The first-order chi connectivity index (χ1) is 10.9. The molecule has 1 N–H and O–H groups in total. The summed E-state index contributed by atoms with van der Waals surface area (Å²) in [6.07, 6.45) is 1.51. The summed E-state index contributed by atoms with van der Waals surface area (Å²) in [5.74, 6) is 0.714. The molecule has 0 bridgehead atoms. The maximum Gasteiger partial charge on any atom is 0.233 e. The van der Waals surface area contributed by atoms with E-state index in [0.717, 1.165) is 16.5 Å². The molecule has 0 amide bonds. The van der Waals surface area contributed by atoms with Gasteiger partial charge in [-0.25, -0.2) is 13.1 Å². The van der Waals surface area contributed by atoms with Crippen LogP contribution in [0.4, 0.5) is 0 Å². The van der Waals surface area contributed by atoms with Gasteiger partial charge in [-0.2, -0.15) is 0 Å². The molecule has 0 aromatic heterocycles. The third kappa shape index (κ3) is 6.44. The van der Waals surface area contributed by atoms with Gasteiger partial charge >= 0.3 is 0 Å². The number of nitrogens with one attached hydrogen (secondary N) is 1. The number of hydrogen-bond donors (Lipinski definition) is 1. The number of rotatable bonds is 7. The summed E-state index contributed by atoms with van der Waals surface area (Å²) in [6, 6.07) is 14.5. The average molecular weight is 352 g/mol. The minimum absolute atomic E-state index is 0.196. The van der Waals surface area contributed by atoms with Crippen LogP contribution in [0.25, 0.3) is 6.08 Å². The van der Waals surface area contributed by atoms with Crippen LogP contribution in [0, 0.1) is 6.92 Å². The smallest absolute Gasteiger partial charge is 0.233 e. The lowest BCUT2D eigenvalue weighted by Gasteiger charge is -2.07. The summed E-state index contributed by atoms with van der Waals surface area (Å²) in [7, 11) is -3.49. The Labute approximate surface area is 141 Å². The average Bonchev–Trinajstić information content (AvgIpc) is 2.53. The van der Waals surface area contributed by atoms with E-state index in [2.05, 4.69) is 4.72 Å². The fraction of sp³-hybridized carbons (Fsp3) is 0.176.